The van der Waals surface area contributed by atoms with Gasteiger partial charge in [0.15, 0.2) is 4.34 Å². The van der Waals surface area contributed by atoms with Gasteiger partial charge in [-0.05, 0) is 18.2 Å². The maximum absolute atomic E-state index is 13.1. The molecule has 9 heteroatoms. The van der Waals surface area contributed by atoms with Gasteiger partial charge < -0.3 is 10.2 Å². The zero-order valence-electron chi connectivity index (χ0n) is 12.3. The van der Waals surface area contributed by atoms with Crippen molar-refractivity contribution in [2.75, 3.05) is 24.7 Å². The van der Waals surface area contributed by atoms with Gasteiger partial charge in [-0.25, -0.2) is 4.39 Å². The lowest BCUT2D eigenvalue weighted by molar-refractivity contribution is -0.127. The molecule has 0 fully saturated rings. The Balaban J connectivity index is 1.85. The number of nitrogens with one attached hydrogen (secondary N) is 1. The highest BCUT2D eigenvalue weighted by molar-refractivity contribution is 8.01. The summed E-state index contributed by atoms with van der Waals surface area (Å²) in [6, 6.07) is 8.06. The highest BCUT2D eigenvalue weighted by Gasteiger charge is 2.12. The van der Waals surface area contributed by atoms with Gasteiger partial charge in [-0.15, -0.1) is 10.2 Å². The van der Waals surface area contributed by atoms with E-state index in [1.54, 1.807) is 19.2 Å². The monoisotopic (exact) mass is 351 g/mol. The molecule has 0 aliphatic carbocycles. The molecule has 0 unspecified atom stereocenters. The molecule has 1 aromatic heterocycles. The van der Waals surface area contributed by atoms with Crippen molar-refractivity contribution in [2.45, 2.75) is 10.8 Å². The molecule has 1 heterocycles. The Morgan fingerprint density at radius 3 is 3.09 bits per heavy atom. The van der Waals surface area contributed by atoms with E-state index in [2.05, 4.69) is 15.5 Å². The number of anilines is 2. The summed E-state index contributed by atoms with van der Waals surface area (Å²) in [5, 5.41) is 19.9. The standard InChI is InChI=1S/C14H14FN5OS2/c1-20(7-3-6-16)12(21)9-22-14-19-18-13(23-14)17-11-5-2-4-10(15)8-11/h2,4-5,8H,3,7,9H2,1H3,(H,17,18). The van der Waals surface area contributed by atoms with Crippen LogP contribution in [0.2, 0.25) is 0 Å². The van der Waals surface area contributed by atoms with Gasteiger partial charge in [0.2, 0.25) is 11.0 Å². The van der Waals surface area contributed by atoms with E-state index in [0.717, 1.165) is 0 Å². The number of nitriles is 1. The van der Waals surface area contributed by atoms with Crippen molar-refractivity contribution < 1.29 is 9.18 Å². The number of aromatic nitrogens is 2. The molecule has 1 N–H and O–H groups in total. The van der Waals surface area contributed by atoms with Crippen molar-refractivity contribution >= 4 is 39.8 Å². The second kappa shape index (κ2) is 8.45. The Hall–Kier alpha value is -2.18. The fourth-order valence-corrected chi connectivity index (χ4v) is 3.30. The number of nitrogens with zero attached hydrogens (tertiary/aromatic N) is 4. The first-order chi connectivity index (χ1) is 11.1. The maximum Gasteiger partial charge on any atom is 0.232 e. The molecule has 0 aliphatic heterocycles. The van der Waals surface area contributed by atoms with E-state index in [1.807, 2.05) is 6.07 Å². The molecule has 1 aromatic carbocycles. The molecule has 0 spiro atoms. The lowest BCUT2D eigenvalue weighted by Gasteiger charge is -2.14. The topological polar surface area (TPSA) is 81.9 Å². The van der Waals surface area contributed by atoms with Gasteiger partial charge in [0.25, 0.3) is 0 Å². The molecule has 0 aliphatic rings. The predicted octanol–water partition coefficient (Wildman–Crippen LogP) is 2.88. The summed E-state index contributed by atoms with van der Waals surface area (Å²) in [6.45, 7) is 0.415. The molecule has 2 aromatic rings. The van der Waals surface area contributed by atoms with E-state index < -0.39 is 0 Å². The number of rotatable bonds is 7. The molecular formula is C14H14FN5OS2. The third kappa shape index (κ3) is 5.50. The minimum absolute atomic E-state index is 0.0694. The van der Waals surface area contributed by atoms with Gasteiger partial charge >= 0.3 is 0 Å². The van der Waals surface area contributed by atoms with Gasteiger partial charge in [0, 0.05) is 19.3 Å². The summed E-state index contributed by atoms with van der Waals surface area (Å²) in [5.74, 6) is -0.170. The fraction of sp³-hybridized carbons (Fsp3) is 0.286. The molecule has 0 bridgehead atoms. The van der Waals surface area contributed by atoms with Crippen molar-refractivity contribution in [1.82, 2.24) is 15.1 Å². The van der Waals surface area contributed by atoms with Crippen LogP contribution in [0, 0.1) is 17.1 Å². The van der Waals surface area contributed by atoms with Gasteiger partial charge in [-0.2, -0.15) is 5.26 Å². The SMILES string of the molecule is CN(CCC#N)C(=O)CSc1nnc(Nc2cccc(F)c2)s1. The first-order valence-electron chi connectivity index (χ1n) is 6.68. The lowest BCUT2D eigenvalue weighted by atomic mass is 10.3. The zero-order valence-corrected chi connectivity index (χ0v) is 14.0. The van der Waals surface area contributed by atoms with Gasteiger partial charge in [-0.3, -0.25) is 4.79 Å². The maximum atomic E-state index is 13.1. The molecule has 0 radical (unpaired) electrons. The van der Waals surface area contributed by atoms with Crippen LogP contribution in [0.4, 0.5) is 15.2 Å². The van der Waals surface area contributed by atoms with Crippen LogP contribution in [0.1, 0.15) is 6.42 Å². The number of hydrogen-bond donors (Lipinski definition) is 1. The van der Waals surface area contributed by atoms with Crippen molar-refractivity contribution in [3.63, 3.8) is 0 Å². The van der Waals surface area contributed by atoms with Crippen molar-refractivity contribution in [3.8, 4) is 6.07 Å². The number of amides is 1. The summed E-state index contributed by atoms with van der Waals surface area (Å²) < 4.78 is 13.8. The normalized spacial score (nSPS) is 10.1. The third-order valence-electron chi connectivity index (χ3n) is 2.79. The van der Waals surface area contributed by atoms with Crippen molar-refractivity contribution in [3.05, 3.63) is 30.1 Å². The molecule has 0 saturated heterocycles. The number of thioether (sulfide) groups is 1. The first kappa shape index (κ1) is 17.2. The smallest absolute Gasteiger partial charge is 0.232 e. The van der Waals surface area contributed by atoms with Crippen LogP contribution in [0.25, 0.3) is 0 Å². The van der Waals surface area contributed by atoms with Crippen molar-refractivity contribution in [1.29, 1.82) is 5.26 Å². The number of halogens is 1. The van der Waals surface area contributed by atoms with E-state index in [-0.39, 0.29) is 17.5 Å². The van der Waals surface area contributed by atoms with E-state index in [0.29, 0.717) is 28.1 Å². The van der Waals surface area contributed by atoms with Crippen LogP contribution in [-0.2, 0) is 4.79 Å². The predicted molar refractivity (Wildman–Crippen MR) is 88.2 cm³/mol. The molecule has 0 saturated carbocycles. The average Bonchev–Trinajstić information content (AvgIpc) is 2.97. The summed E-state index contributed by atoms with van der Waals surface area (Å²) in [4.78, 5) is 13.4. The van der Waals surface area contributed by atoms with Crippen LogP contribution in [0.3, 0.4) is 0 Å². The van der Waals surface area contributed by atoms with E-state index in [9.17, 15) is 9.18 Å². The molecule has 6 nitrogen and oxygen atoms in total. The van der Waals surface area contributed by atoms with Crippen LogP contribution >= 0.6 is 23.1 Å². The molecule has 23 heavy (non-hydrogen) atoms. The van der Waals surface area contributed by atoms with E-state index in [4.69, 9.17) is 5.26 Å². The number of carbonyl (C=O) groups is 1. The quantitative estimate of drug-likeness (QED) is 0.773. The molecule has 0 atom stereocenters. The zero-order chi connectivity index (χ0) is 16.7. The summed E-state index contributed by atoms with van der Waals surface area (Å²) in [7, 11) is 1.66. The highest BCUT2D eigenvalue weighted by atomic mass is 32.2. The minimum Gasteiger partial charge on any atom is -0.344 e. The second-order valence-corrected chi connectivity index (χ2v) is 6.72. The minimum atomic E-state index is -0.333. The summed E-state index contributed by atoms with van der Waals surface area (Å²) in [6.07, 6.45) is 0.313. The largest absolute Gasteiger partial charge is 0.344 e. The summed E-state index contributed by atoms with van der Waals surface area (Å²) in [5.41, 5.74) is 0.588. The van der Waals surface area contributed by atoms with E-state index >= 15 is 0 Å². The number of hydrogen-bond acceptors (Lipinski definition) is 7. The molecule has 2 rings (SSSR count). The Labute approximate surface area is 141 Å². The fourth-order valence-electron chi connectivity index (χ4n) is 1.58. The van der Waals surface area contributed by atoms with Gasteiger partial charge in [0.05, 0.1) is 18.2 Å². The summed E-state index contributed by atoms with van der Waals surface area (Å²) >= 11 is 2.57. The number of carbonyl (C=O) groups excluding carboxylic acids is 1. The molecular weight excluding hydrogens is 337 g/mol. The Bertz CT molecular complexity index is 715. The number of benzene rings is 1. The first-order valence-corrected chi connectivity index (χ1v) is 8.48. The lowest BCUT2D eigenvalue weighted by Crippen LogP contribution is -2.29. The van der Waals surface area contributed by atoms with Crippen LogP contribution in [0.15, 0.2) is 28.6 Å². The van der Waals surface area contributed by atoms with E-state index in [1.165, 1.54) is 40.1 Å². The molecule has 1 amide bonds. The van der Waals surface area contributed by atoms with Gasteiger partial charge in [0.1, 0.15) is 5.82 Å². The van der Waals surface area contributed by atoms with Crippen LogP contribution < -0.4 is 5.32 Å². The van der Waals surface area contributed by atoms with Crippen molar-refractivity contribution in [2.24, 2.45) is 0 Å². The second-order valence-electron chi connectivity index (χ2n) is 4.52. The Kier molecular flexibility index (Phi) is 6.31. The third-order valence-corrected chi connectivity index (χ3v) is 4.74. The molecule has 120 valence electrons. The van der Waals surface area contributed by atoms with Crippen LogP contribution in [-0.4, -0.2) is 40.3 Å². The average molecular weight is 351 g/mol. The Morgan fingerprint density at radius 2 is 2.35 bits per heavy atom. The van der Waals surface area contributed by atoms with Crippen LogP contribution in [0.5, 0.6) is 0 Å². The van der Waals surface area contributed by atoms with Gasteiger partial charge in [-0.1, -0.05) is 29.2 Å². The Morgan fingerprint density at radius 1 is 1.52 bits per heavy atom. The highest BCUT2D eigenvalue weighted by Crippen LogP contribution is 2.27.